The lowest BCUT2D eigenvalue weighted by molar-refractivity contribution is 0.278. The van der Waals surface area contributed by atoms with Gasteiger partial charge in [-0.2, -0.15) is 0 Å². The first-order valence-corrected chi connectivity index (χ1v) is 8.41. The molecule has 0 aliphatic heterocycles. The number of benzene rings is 1. The Hall–Kier alpha value is -2.18. The number of aliphatic hydroxyl groups is 1. The predicted octanol–water partition coefficient (Wildman–Crippen LogP) is 4.39. The van der Waals surface area contributed by atoms with Crippen molar-refractivity contribution >= 4 is 37.9 Å². The number of pyridine rings is 1. The first kappa shape index (κ1) is 15.4. The minimum absolute atomic E-state index is 0.0399. The maximum absolute atomic E-state index is 14.7. The number of halogens is 2. The second kappa shape index (κ2) is 5.72. The van der Waals surface area contributed by atoms with Crippen LogP contribution in [0.15, 0.2) is 41.3 Å². The lowest BCUT2D eigenvalue weighted by atomic mass is 10.0. The van der Waals surface area contributed by atoms with Gasteiger partial charge in [0.05, 0.1) is 6.61 Å². The number of fused-ring (bicyclic) bond motifs is 2. The summed E-state index contributed by atoms with van der Waals surface area (Å²) in [7, 11) is 0. The molecule has 2 N–H and O–H groups in total. The van der Waals surface area contributed by atoms with Gasteiger partial charge in [-0.15, -0.1) is 0 Å². The molecule has 1 aromatic carbocycles. The third-order valence-corrected chi connectivity index (χ3v) is 5.33. The Kier molecular flexibility index (Phi) is 3.66. The van der Waals surface area contributed by atoms with Crippen molar-refractivity contribution in [1.29, 1.82) is 0 Å². The molecule has 6 heteroatoms. The number of H-pyrrole nitrogens is 1. The van der Waals surface area contributed by atoms with Gasteiger partial charge >= 0.3 is 0 Å². The number of aryl methyl sites for hydroxylation is 1. The number of rotatable bonds is 3. The minimum Gasteiger partial charge on any atom is -0.395 e. The van der Waals surface area contributed by atoms with Crippen molar-refractivity contribution in [3.63, 3.8) is 0 Å². The number of aromatic amines is 1. The van der Waals surface area contributed by atoms with E-state index in [1.807, 2.05) is 29.8 Å². The highest BCUT2D eigenvalue weighted by Gasteiger charge is 2.16. The monoisotopic (exact) mass is 387 g/mol. The first-order valence-electron chi connectivity index (χ1n) is 7.62. The van der Waals surface area contributed by atoms with Gasteiger partial charge < -0.3 is 14.7 Å². The Morgan fingerprint density at radius 1 is 1.33 bits per heavy atom. The van der Waals surface area contributed by atoms with E-state index in [0.29, 0.717) is 17.8 Å². The third kappa shape index (κ3) is 2.25. The van der Waals surface area contributed by atoms with E-state index in [9.17, 15) is 9.50 Å². The van der Waals surface area contributed by atoms with Crippen molar-refractivity contribution in [1.82, 2.24) is 14.5 Å². The average Bonchev–Trinajstić information content (AvgIpc) is 3.15. The molecule has 0 unspecified atom stereocenters. The van der Waals surface area contributed by atoms with Crippen molar-refractivity contribution < 1.29 is 9.50 Å². The standard InChI is InChI=1S/C18H15BrFN3O/c1-10-8-21-18-16(17(10)19)13(9-22-18)12-7-15-11(6-14(12)20)2-3-23(15)4-5-24/h2-3,6-9,24H,4-5H2,1H3,(H,21,22). The Balaban J connectivity index is 2.01. The quantitative estimate of drug-likeness (QED) is 0.547. The number of nitrogens with one attached hydrogen (secondary N) is 1. The van der Waals surface area contributed by atoms with Gasteiger partial charge in [-0.05, 0) is 46.6 Å². The van der Waals surface area contributed by atoms with E-state index in [2.05, 4.69) is 25.9 Å². The van der Waals surface area contributed by atoms with Gasteiger partial charge in [0.2, 0.25) is 0 Å². The second-order valence-corrected chi connectivity index (χ2v) is 6.60. The summed E-state index contributed by atoms with van der Waals surface area (Å²) in [5.74, 6) is -0.279. The van der Waals surface area contributed by atoms with Crippen molar-refractivity contribution in [2.75, 3.05) is 6.61 Å². The van der Waals surface area contributed by atoms with Crippen LogP contribution in [-0.4, -0.2) is 26.2 Å². The van der Waals surface area contributed by atoms with Crippen LogP contribution in [0.4, 0.5) is 4.39 Å². The minimum atomic E-state index is -0.279. The maximum atomic E-state index is 14.7. The van der Waals surface area contributed by atoms with Gasteiger partial charge in [0.1, 0.15) is 11.5 Å². The van der Waals surface area contributed by atoms with E-state index in [1.54, 1.807) is 12.4 Å². The van der Waals surface area contributed by atoms with Crippen LogP contribution in [0.2, 0.25) is 0 Å². The zero-order valence-corrected chi connectivity index (χ0v) is 14.6. The normalized spacial score (nSPS) is 11.7. The zero-order chi connectivity index (χ0) is 16.8. The van der Waals surface area contributed by atoms with Gasteiger partial charge in [0.15, 0.2) is 0 Å². The molecule has 0 radical (unpaired) electrons. The Morgan fingerprint density at radius 3 is 2.96 bits per heavy atom. The molecule has 122 valence electrons. The molecular formula is C18H15BrFN3O. The number of hydrogen-bond donors (Lipinski definition) is 2. The van der Waals surface area contributed by atoms with Crippen molar-refractivity contribution in [2.45, 2.75) is 13.5 Å². The predicted molar refractivity (Wildman–Crippen MR) is 96.5 cm³/mol. The molecule has 0 aliphatic rings. The van der Waals surface area contributed by atoms with E-state index in [4.69, 9.17) is 0 Å². The molecule has 4 nitrogen and oxygen atoms in total. The van der Waals surface area contributed by atoms with Crippen LogP contribution in [-0.2, 0) is 6.54 Å². The van der Waals surface area contributed by atoms with Gasteiger partial charge in [0, 0.05) is 57.0 Å². The summed E-state index contributed by atoms with van der Waals surface area (Å²) in [6, 6.07) is 5.22. The zero-order valence-electron chi connectivity index (χ0n) is 13.0. The van der Waals surface area contributed by atoms with E-state index in [-0.39, 0.29) is 12.4 Å². The molecule has 0 aliphatic carbocycles. The van der Waals surface area contributed by atoms with E-state index < -0.39 is 0 Å². The third-order valence-electron chi connectivity index (χ3n) is 4.30. The average molecular weight is 388 g/mol. The molecule has 4 aromatic rings. The van der Waals surface area contributed by atoms with E-state index in [1.165, 1.54) is 6.07 Å². The van der Waals surface area contributed by atoms with Crippen molar-refractivity contribution in [3.05, 3.63) is 52.6 Å². The van der Waals surface area contributed by atoms with Crippen LogP contribution in [0.3, 0.4) is 0 Å². The van der Waals surface area contributed by atoms with Gasteiger partial charge in [-0.1, -0.05) is 0 Å². The van der Waals surface area contributed by atoms with Crippen LogP contribution < -0.4 is 0 Å². The van der Waals surface area contributed by atoms with Gasteiger partial charge in [-0.3, -0.25) is 0 Å². The molecule has 0 atom stereocenters. The Labute approximate surface area is 146 Å². The van der Waals surface area contributed by atoms with E-state index >= 15 is 0 Å². The molecule has 4 rings (SSSR count). The summed E-state index contributed by atoms with van der Waals surface area (Å²) in [4.78, 5) is 7.48. The number of nitrogens with zero attached hydrogens (tertiary/aromatic N) is 2. The fraction of sp³-hybridized carbons (Fsp3) is 0.167. The fourth-order valence-electron chi connectivity index (χ4n) is 3.08. The van der Waals surface area contributed by atoms with Gasteiger partial charge in [-0.25, -0.2) is 9.37 Å². The van der Waals surface area contributed by atoms with Crippen LogP contribution in [0.25, 0.3) is 33.1 Å². The second-order valence-electron chi connectivity index (χ2n) is 5.80. The molecule has 0 bridgehead atoms. The van der Waals surface area contributed by atoms with Gasteiger partial charge in [0.25, 0.3) is 0 Å². The lowest BCUT2D eigenvalue weighted by Gasteiger charge is -2.08. The number of hydrogen-bond acceptors (Lipinski definition) is 2. The highest BCUT2D eigenvalue weighted by atomic mass is 79.9. The molecule has 0 amide bonds. The fourth-order valence-corrected chi connectivity index (χ4v) is 3.59. The lowest BCUT2D eigenvalue weighted by Crippen LogP contribution is -2.00. The molecular weight excluding hydrogens is 373 g/mol. The molecule has 3 aromatic heterocycles. The number of aromatic nitrogens is 3. The highest BCUT2D eigenvalue weighted by molar-refractivity contribution is 9.10. The number of aliphatic hydroxyl groups excluding tert-OH is 1. The summed E-state index contributed by atoms with van der Waals surface area (Å²) < 4.78 is 17.6. The topological polar surface area (TPSA) is 53.8 Å². The summed E-state index contributed by atoms with van der Waals surface area (Å²) in [5.41, 5.74) is 3.89. The summed E-state index contributed by atoms with van der Waals surface area (Å²) >= 11 is 3.59. The molecule has 0 saturated heterocycles. The first-order chi connectivity index (χ1) is 11.6. The molecule has 0 spiro atoms. The van der Waals surface area contributed by atoms with Crippen LogP contribution in [0, 0.1) is 12.7 Å². The SMILES string of the molecule is Cc1cnc2[nH]cc(-c3cc4c(ccn4CCO)cc3F)c2c1Br. The van der Waals surface area contributed by atoms with Crippen LogP contribution >= 0.6 is 15.9 Å². The largest absolute Gasteiger partial charge is 0.395 e. The highest BCUT2D eigenvalue weighted by Crippen LogP contribution is 2.37. The van der Waals surface area contributed by atoms with Crippen LogP contribution in [0.1, 0.15) is 5.56 Å². The van der Waals surface area contributed by atoms with Crippen LogP contribution in [0.5, 0.6) is 0 Å². The summed E-state index contributed by atoms with van der Waals surface area (Å²) in [6.45, 7) is 2.48. The molecule has 0 saturated carbocycles. The van der Waals surface area contributed by atoms with Crippen molar-refractivity contribution in [3.8, 4) is 11.1 Å². The van der Waals surface area contributed by atoms with E-state index in [0.717, 1.165) is 31.9 Å². The van der Waals surface area contributed by atoms with Crippen molar-refractivity contribution in [2.24, 2.45) is 0 Å². The Morgan fingerprint density at radius 2 is 2.17 bits per heavy atom. The Bertz CT molecular complexity index is 1070. The molecule has 24 heavy (non-hydrogen) atoms. The maximum Gasteiger partial charge on any atom is 0.139 e. The molecule has 3 heterocycles. The summed E-state index contributed by atoms with van der Waals surface area (Å²) in [6.07, 6.45) is 5.42. The smallest absolute Gasteiger partial charge is 0.139 e. The molecule has 0 fully saturated rings. The summed E-state index contributed by atoms with van der Waals surface area (Å²) in [5, 5.41) is 10.9.